The minimum atomic E-state index is -0.709. The number of fused-ring (bicyclic) bond motifs is 2. The second-order valence-corrected chi connectivity index (χ2v) is 6.18. The van der Waals surface area contributed by atoms with E-state index in [2.05, 4.69) is 0 Å². The molecule has 0 spiro atoms. The number of hydrogen-bond acceptors (Lipinski definition) is 4. The first kappa shape index (κ1) is 17.0. The van der Waals surface area contributed by atoms with Gasteiger partial charge in [-0.1, -0.05) is 23.7 Å². The summed E-state index contributed by atoms with van der Waals surface area (Å²) in [5, 5.41) is 11.3. The fourth-order valence-corrected chi connectivity index (χ4v) is 3.02. The Kier molecular flexibility index (Phi) is 4.01. The van der Waals surface area contributed by atoms with Gasteiger partial charge >= 0.3 is 0 Å². The maximum absolute atomic E-state index is 14.6. The van der Waals surface area contributed by atoms with Gasteiger partial charge in [0.15, 0.2) is 5.75 Å². The number of nitrogens with zero attached hydrogens (tertiary/aromatic N) is 2. The number of carbonyl (C=O) groups is 1. The standard InChI is InChI=1S/C19H10ClFN2O4/c20-11-5-7-15(14(21)9-11)22-16-8-6-12(23(25)26)10-18(16)27-17-4-2-1-3-13(17)19(22)24/h1-10H. The van der Waals surface area contributed by atoms with Gasteiger partial charge in [-0.2, -0.15) is 0 Å². The van der Waals surface area contributed by atoms with Crippen molar-refractivity contribution >= 4 is 34.6 Å². The van der Waals surface area contributed by atoms with E-state index < -0.39 is 16.6 Å². The number of ether oxygens (including phenoxy) is 1. The number of rotatable bonds is 2. The zero-order chi connectivity index (χ0) is 19.1. The highest BCUT2D eigenvalue weighted by Gasteiger charge is 2.32. The second kappa shape index (κ2) is 6.37. The van der Waals surface area contributed by atoms with Crippen LogP contribution in [0.15, 0.2) is 60.7 Å². The number of non-ortho nitro benzene ring substituents is 1. The van der Waals surface area contributed by atoms with Crippen molar-refractivity contribution in [1.82, 2.24) is 0 Å². The molecule has 0 N–H and O–H groups in total. The molecule has 0 bridgehead atoms. The molecule has 1 amide bonds. The largest absolute Gasteiger partial charge is 0.454 e. The Balaban J connectivity index is 1.99. The van der Waals surface area contributed by atoms with Crippen LogP contribution in [-0.4, -0.2) is 10.8 Å². The van der Waals surface area contributed by atoms with Gasteiger partial charge in [0.2, 0.25) is 0 Å². The maximum Gasteiger partial charge on any atom is 0.273 e. The van der Waals surface area contributed by atoms with Crippen LogP contribution >= 0.6 is 11.6 Å². The van der Waals surface area contributed by atoms with Gasteiger partial charge in [-0.25, -0.2) is 4.39 Å². The third-order valence-corrected chi connectivity index (χ3v) is 4.32. The highest BCUT2D eigenvalue weighted by molar-refractivity contribution is 6.30. The van der Waals surface area contributed by atoms with Gasteiger partial charge in [-0.3, -0.25) is 19.8 Å². The van der Waals surface area contributed by atoms with Gasteiger partial charge in [0.25, 0.3) is 11.6 Å². The number of carbonyl (C=O) groups excluding carboxylic acids is 1. The zero-order valence-corrected chi connectivity index (χ0v) is 14.3. The zero-order valence-electron chi connectivity index (χ0n) is 13.6. The summed E-state index contributed by atoms with van der Waals surface area (Å²) < 4.78 is 20.4. The lowest BCUT2D eigenvalue weighted by Crippen LogP contribution is -2.26. The van der Waals surface area contributed by atoms with Crippen LogP contribution in [0.2, 0.25) is 5.02 Å². The minimum absolute atomic E-state index is 0.0418. The molecule has 0 fully saturated rings. The van der Waals surface area contributed by atoms with E-state index in [4.69, 9.17) is 16.3 Å². The Bertz CT molecular complexity index is 1100. The maximum atomic E-state index is 14.6. The summed E-state index contributed by atoms with van der Waals surface area (Å²) in [6.45, 7) is 0. The average Bonchev–Trinajstić information content (AvgIpc) is 2.76. The molecule has 1 heterocycles. The van der Waals surface area contributed by atoms with Crippen molar-refractivity contribution < 1.29 is 18.8 Å². The second-order valence-electron chi connectivity index (χ2n) is 5.74. The number of anilines is 2. The molecular weight excluding hydrogens is 375 g/mol. The van der Waals surface area contributed by atoms with Crippen LogP contribution in [0.3, 0.4) is 0 Å². The van der Waals surface area contributed by atoms with E-state index in [-0.39, 0.29) is 39.1 Å². The summed E-state index contributed by atoms with van der Waals surface area (Å²) in [6.07, 6.45) is 0. The molecule has 134 valence electrons. The van der Waals surface area contributed by atoms with Gasteiger partial charge in [-0.15, -0.1) is 0 Å². The molecule has 4 rings (SSSR count). The summed E-state index contributed by atoms with van der Waals surface area (Å²) in [7, 11) is 0. The van der Waals surface area contributed by atoms with Crippen LogP contribution in [0.1, 0.15) is 10.4 Å². The Morgan fingerprint density at radius 2 is 1.74 bits per heavy atom. The number of nitro groups is 1. The molecule has 0 saturated heterocycles. The fraction of sp³-hybridized carbons (Fsp3) is 0. The molecule has 1 aliphatic rings. The molecule has 3 aromatic rings. The van der Waals surface area contributed by atoms with Crippen molar-refractivity contribution in [2.75, 3.05) is 4.90 Å². The van der Waals surface area contributed by atoms with E-state index in [1.807, 2.05) is 0 Å². The normalized spacial score (nSPS) is 12.7. The van der Waals surface area contributed by atoms with Crippen LogP contribution in [0.25, 0.3) is 0 Å². The molecule has 8 heteroatoms. The van der Waals surface area contributed by atoms with Crippen LogP contribution < -0.4 is 9.64 Å². The number of halogens is 2. The van der Waals surface area contributed by atoms with Crippen molar-refractivity contribution in [3.8, 4) is 11.5 Å². The lowest BCUT2D eigenvalue weighted by molar-refractivity contribution is -0.384. The molecule has 0 radical (unpaired) electrons. The van der Waals surface area contributed by atoms with Crippen molar-refractivity contribution in [2.24, 2.45) is 0 Å². The Morgan fingerprint density at radius 3 is 2.48 bits per heavy atom. The summed E-state index contributed by atoms with van der Waals surface area (Å²) in [5.74, 6) is -0.947. The Morgan fingerprint density at radius 1 is 1.00 bits per heavy atom. The Hall–Kier alpha value is -3.45. The van der Waals surface area contributed by atoms with Crippen molar-refractivity contribution in [2.45, 2.75) is 0 Å². The third kappa shape index (κ3) is 2.88. The number of hydrogen-bond donors (Lipinski definition) is 0. The summed E-state index contributed by atoms with van der Waals surface area (Å²) >= 11 is 5.82. The molecule has 0 unspecified atom stereocenters. The van der Waals surface area contributed by atoms with Crippen LogP contribution in [0.5, 0.6) is 11.5 Å². The molecular formula is C19H10ClFN2O4. The molecule has 1 aliphatic heterocycles. The van der Waals surface area contributed by atoms with Crippen molar-refractivity contribution in [1.29, 1.82) is 0 Å². The smallest absolute Gasteiger partial charge is 0.273 e. The minimum Gasteiger partial charge on any atom is -0.454 e. The first-order valence-corrected chi connectivity index (χ1v) is 8.18. The lowest BCUT2D eigenvalue weighted by atomic mass is 10.1. The fourth-order valence-electron chi connectivity index (χ4n) is 2.87. The van der Waals surface area contributed by atoms with Crippen LogP contribution in [0.4, 0.5) is 21.5 Å². The molecule has 0 aliphatic carbocycles. The Labute approximate surface area is 157 Å². The van der Waals surface area contributed by atoms with Gasteiger partial charge in [0.05, 0.1) is 27.9 Å². The summed E-state index contributed by atoms with van der Waals surface area (Å²) in [4.78, 5) is 24.8. The number of benzene rings is 3. The van der Waals surface area contributed by atoms with E-state index >= 15 is 0 Å². The molecule has 0 saturated carbocycles. The predicted octanol–water partition coefficient (Wildman–Crippen LogP) is 5.47. The number of nitro benzene ring substituents is 1. The summed E-state index contributed by atoms with van der Waals surface area (Å²) in [5.41, 5.74) is 0.130. The van der Waals surface area contributed by atoms with Crippen LogP contribution in [0, 0.1) is 15.9 Å². The topological polar surface area (TPSA) is 72.7 Å². The van der Waals surface area contributed by atoms with E-state index in [0.29, 0.717) is 0 Å². The van der Waals surface area contributed by atoms with Crippen molar-refractivity contribution in [3.05, 3.63) is 87.2 Å². The van der Waals surface area contributed by atoms with Crippen LogP contribution in [-0.2, 0) is 0 Å². The highest BCUT2D eigenvalue weighted by atomic mass is 35.5. The SMILES string of the molecule is O=C1c2ccccc2Oc2cc([N+](=O)[O-])ccc2N1c1ccc(Cl)cc1F. The van der Waals surface area contributed by atoms with Gasteiger partial charge in [0.1, 0.15) is 11.6 Å². The van der Waals surface area contributed by atoms with E-state index in [1.165, 1.54) is 30.3 Å². The van der Waals surface area contributed by atoms with Gasteiger partial charge < -0.3 is 4.74 Å². The predicted molar refractivity (Wildman–Crippen MR) is 97.5 cm³/mol. The van der Waals surface area contributed by atoms with Gasteiger partial charge in [-0.05, 0) is 36.4 Å². The lowest BCUT2D eigenvalue weighted by Gasteiger charge is -2.22. The van der Waals surface area contributed by atoms with E-state index in [9.17, 15) is 19.3 Å². The third-order valence-electron chi connectivity index (χ3n) is 4.09. The molecule has 6 nitrogen and oxygen atoms in total. The molecule has 0 aromatic heterocycles. The number of para-hydroxylation sites is 1. The molecule has 27 heavy (non-hydrogen) atoms. The number of amides is 1. The molecule has 3 aromatic carbocycles. The first-order chi connectivity index (χ1) is 13.0. The van der Waals surface area contributed by atoms with Gasteiger partial charge in [0, 0.05) is 11.1 Å². The van der Waals surface area contributed by atoms with E-state index in [0.717, 1.165) is 11.0 Å². The molecule has 0 atom stereocenters. The average molecular weight is 385 g/mol. The monoisotopic (exact) mass is 384 g/mol. The first-order valence-electron chi connectivity index (χ1n) is 7.80. The quantitative estimate of drug-likeness (QED) is 0.433. The highest BCUT2D eigenvalue weighted by Crippen LogP contribution is 2.44. The van der Waals surface area contributed by atoms with Crippen molar-refractivity contribution in [3.63, 3.8) is 0 Å². The van der Waals surface area contributed by atoms with E-state index in [1.54, 1.807) is 24.3 Å². The summed E-state index contributed by atoms with van der Waals surface area (Å²) in [6, 6.07) is 14.1.